The molecular weight excluding hydrogens is 645 g/mol. The molecule has 0 atom stereocenters. The summed E-state index contributed by atoms with van der Waals surface area (Å²) in [7, 11) is 0. The highest BCUT2D eigenvalue weighted by Crippen LogP contribution is 2.38. The van der Waals surface area contributed by atoms with Crippen LogP contribution in [0.25, 0.3) is 104 Å². The molecule has 238 valence electrons. The predicted octanol–water partition coefficient (Wildman–Crippen LogP) is 12.2. The Kier molecular flexibility index (Phi) is 5.08. The van der Waals surface area contributed by atoms with Crippen LogP contribution >= 0.6 is 11.3 Å². The van der Waals surface area contributed by atoms with E-state index in [4.69, 9.17) is 26.2 Å². The Morgan fingerprint density at radius 3 is 1.88 bits per heavy atom. The Morgan fingerprint density at radius 1 is 0.471 bits per heavy atom. The zero-order valence-electron chi connectivity index (χ0n) is 31.7. The standard InChI is InChI=1S/C45H26N4OS/c1-2-10-30(11-3-1)49-37-15-7-4-12-31(37)35-24-27(19-22-38(35)49)43-46-44(28-20-23-40-36(25-28)32-13-5-8-16-39(32)50-40)48-45(47-43)29-18-21-34-33-14-6-9-17-41(33)51-42(34)26-29/h1-26H/i1D,2D,3D,10D,11D. The lowest BCUT2D eigenvalue weighted by molar-refractivity contribution is 0.669. The third-order valence-electron chi connectivity index (χ3n) is 9.55. The van der Waals surface area contributed by atoms with Gasteiger partial charge >= 0.3 is 0 Å². The highest BCUT2D eigenvalue weighted by atomic mass is 32.1. The van der Waals surface area contributed by atoms with Crippen molar-refractivity contribution in [3.8, 4) is 39.9 Å². The lowest BCUT2D eigenvalue weighted by atomic mass is 10.1. The fourth-order valence-electron chi connectivity index (χ4n) is 7.20. The second kappa shape index (κ2) is 10.9. The molecule has 0 saturated heterocycles. The Bertz CT molecular complexity index is 3430. The predicted molar refractivity (Wildman–Crippen MR) is 211 cm³/mol. The molecule has 11 rings (SSSR count). The fraction of sp³-hybridized carbons (Fsp3) is 0. The topological polar surface area (TPSA) is 56.7 Å². The normalized spacial score (nSPS) is 13.3. The van der Waals surface area contributed by atoms with Crippen LogP contribution in [-0.2, 0) is 0 Å². The molecule has 0 radical (unpaired) electrons. The van der Waals surface area contributed by atoms with Crippen molar-refractivity contribution in [1.82, 2.24) is 19.5 Å². The summed E-state index contributed by atoms with van der Waals surface area (Å²) in [6, 6.07) is 40.5. The molecule has 51 heavy (non-hydrogen) atoms. The molecule has 0 amide bonds. The summed E-state index contributed by atoms with van der Waals surface area (Å²) in [6.07, 6.45) is 0. The second-order valence-corrected chi connectivity index (χ2v) is 13.6. The minimum absolute atomic E-state index is 0.0958. The first-order chi connectivity index (χ1) is 27.3. The zero-order chi connectivity index (χ0) is 37.8. The summed E-state index contributed by atoms with van der Waals surface area (Å²) < 4.78 is 52.8. The van der Waals surface area contributed by atoms with Crippen molar-refractivity contribution in [2.45, 2.75) is 0 Å². The van der Waals surface area contributed by atoms with Crippen LogP contribution in [0.15, 0.2) is 162 Å². The Labute approximate surface area is 302 Å². The van der Waals surface area contributed by atoms with Crippen LogP contribution in [0.1, 0.15) is 6.85 Å². The van der Waals surface area contributed by atoms with Crippen molar-refractivity contribution in [3.05, 3.63) is 158 Å². The molecule has 11 aromatic rings. The van der Waals surface area contributed by atoms with E-state index >= 15 is 0 Å². The number of benzene rings is 7. The van der Waals surface area contributed by atoms with Crippen molar-refractivity contribution in [2.24, 2.45) is 0 Å². The quantitative estimate of drug-likeness (QED) is 0.186. The number of furan rings is 1. The van der Waals surface area contributed by atoms with Crippen LogP contribution in [0, 0.1) is 0 Å². The first-order valence-corrected chi connectivity index (χ1v) is 17.3. The van der Waals surface area contributed by atoms with Crippen molar-refractivity contribution < 1.29 is 11.3 Å². The van der Waals surface area contributed by atoms with Crippen LogP contribution < -0.4 is 0 Å². The van der Waals surface area contributed by atoms with Gasteiger partial charge in [0.05, 0.1) is 17.9 Å². The third kappa shape index (κ3) is 4.43. The van der Waals surface area contributed by atoms with E-state index in [-0.39, 0.29) is 29.9 Å². The molecule has 7 aromatic carbocycles. The summed E-state index contributed by atoms with van der Waals surface area (Å²) in [4.78, 5) is 15.3. The van der Waals surface area contributed by atoms with E-state index < -0.39 is 6.04 Å². The van der Waals surface area contributed by atoms with Crippen molar-refractivity contribution >= 4 is 75.3 Å². The maximum absolute atomic E-state index is 8.79. The van der Waals surface area contributed by atoms with Crippen LogP contribution in [0.2, 0.25) is 0 Å². The number of hydrogen-bond acceptors (Lipinski definition) is 5. The van der Waals surface area contributed by atoms with E-state index in [9.17, 15) is 0 Å². The van der Waals surface area contributed by atoms with Crippen molar-refractivity contribution in [1.29, 1.82) is 0 Å². The van der Waals surface area contributed by atoms with Gasteiger partial charge in [-0.05, 0) is 72.7 Å². The average Bonchev–Trinajstić information content (AvgIpc) is 3.91. The van der Waals surface area contributed by atoms with Crippen LogP contribution in [0.5, 0.6) is 0 Å². The molecule has 4 aromatic heterocycles. The number of fused-ring (bicyclic) bond motifs is 9. The largest absolute Gasteiger partial charge is 0.456 e. The Morgan fingerprint density at radius 2 is 1.06 bits per heavy atom. The molecule has 0 saturated carbocycles. The second-order valence-electron chi connectivity index (χ2n) is 12.5. The number of thiophene rings is 1. The summed E-state index contributed by atoms with van der Waals surface area (Å²) >= 11 is 1.74. The molecule has 0 aliphatic heterocycles. The number of para-hydroxylation sites is 3. The van der Waals surface area contributed by atoms with Gasteiger partial charge in [-0.2, -0.15) is 0 Å². The molecule has 4 heterocycles. The van der Waals surface area contributed by atoms with Gasteiger partial charge in [0.2, 0.25) is 0 Å². The van der Waals surface area contributed by atoms with Crippen LogP contribution in [-0.4, -0.2) is 19.5 Å². The first-order valence-electron chi connectivity index (χ1n) is 19.0. The van der Waals surface area contributed by atoms with E-state index in [1.54, 1.807) is 15.9 Å². The molecule has 6 heteroatoms. The van der Waals surface area contributed by atoms with Gasteiger partial charge in [-0.15, -0.1) is 11.3 Å². The van der Waals surface area contributed by atoms with Gasteiger partial charge in [-0.3, -0.25) is 0 Å². The van der Waals surface area contributed by atoms with E-state index in [0.717, 1.165) is 54.1 Å². The molecule has 0 aliphatic rings. The van der Waals surface area contributed by atoms with Crippen LogP contribution in [0.3, 0.4) is 0 Å². The van der Waals surface area contributed by atoms with Gasteiger partial charge in [-0.1, -0.05) is 84.9 Å². The van der Waals surface area contributed by atoms with Gasteiger partial charge in [0.25, 0.3) is 0 Å². The number of nitrogens with zero attached hydrogens (tertiary/aromatic N) is 4. The minimum Gasteiger partial charge on any atom is -0.456 e. The first kappa shape index (κ1) is 23.7. The highest BCUT2D eigenvalue weighted by Gasteiger charge is 2.18. The molecule has 0 bridgehead atoms. The smallest absolute Gasteiger partial charge is 0.164 e. The maximum atomic E-state index is 8.79. The average molecular weight is 676 g/mol. The lowest BCUT2D eigenvalue weighted by Gasteiger charge is -2.10. The summed E-state index contributed by atoms with van der Waals surface area (Å²) in [5, 5.41) is 6.06. The van der Waals surface area contributed by atoms with E-state index in [1.165, 1.54) is 15.5 Å². The third-order valence-corrected chi connectivity index (χ3v) is 10.7. The fourth-order valence-corrected chi connectivity index (χ4v) is 8.35. The monoisotopic (exact) mass is 675 g/mol. The van der Waals surface area contributed by atoms with Gasteiger partial charge < -0.3 is 8.98 Å². The van der Waals surface area contributed by atoms with Gasteiger partial charge in [0.15, 0.2) is 17.5 Å². The van der Waals surface area contributed by atoms with Crippen LogP contribution in [0.4, 0.5) is 0 Å². The van der Waals surface area contributed by atoms with Gasteiger partial charge in [0.1, 0.15) is 11.2 Å². The zero-order valence-corrected chi connectivity index (χ0v) is 27.5. The SMILES string of the molecule is [2H]c1c([2H])c([2H])c(-n2c3ccccc3c3cc(-c4nc(-c5ccc6c(c5)sc5ccccc56)nc(-c5ccc6oc7ccccc7c6c5)n4)ccc32)c([2H])c1[2H]. The van der Waals surface area contributed by atoms with Crippen molar-refractivity contribution in [2.75, 3.05) is 0 Å². The lowest BCUT2D eigenvalue weighted by Crippen LogP contribution is -2.00. The summed E-state index contributed by atoms with van der Waals surface area (Å²) in [5.74, 6) is 1.51. The molecular formula is C45H26N4OS. The van der Waals surface area contributed by atoms with Gasteiger partial charge in [-0.25, -0.2) is 15.0 Å². The number of hydrogen-bond donors (Lipinski definition) is 0. The molecule has 0 fully saturated rings. The van der Waals surface area contributed by atoms with E-state index in [0.29, 0.717) is 28.5 Å². The van der Waals surface area contributed by atoms with E-state index in [2.05, 4.69) is 48.5 Å². The highest BCUT2D eigenvalue weighted by molar-refractivity contribution is 7.25. The Balaban J connectivity index is 1.14. The maximum Gasteiger partial charge on any atom is 0.164 e. The number of rotatable bonds is 4. The molecule has 0 aliphatic carbocycles. The minimum atomic E-state index is -0.431. The molecule has 0 spiro atoms. The molecule has 0 unspecified atom stereocenters. The molecule has 5 nitrogen and oxygen atoms in total. The van der Waals surface area contributed by atoms with E-state index in [1.807, 2.05) is 78.9 Å². The Hall–Kier alpha value is -6.63. The molecule has 0 N–H and O–H groups in total. The summed E-state index contributed by atoms with van der Waals surface area (Å²) in [6.45, 7) is 0. The summed E-state index contributed by atoms with van der Waals surface area (Å²) in [5.41, 5.74) is 5.51. The van der Waals surface area contributed by atoms with Gasteiger partial charge in [0, 0.05) is 64.1 Å². The number of aromatic nitrogens is 4. The van der Waals surface area contributed by atoms with Crippen molar-refractivity contribution in [3.63, 3.8) is 0 Å².